The largest absolute Gasteiger partial charge is 0.497 e. The van der Waals surface area contributed by atoms with Crippen LogP contribution in [0.1, 0.15) is 12.8 Å². The molecule has 13 heteroatoms. The molecule has 1 aromatic heterocycles. The smallest absolute Gasteiger partial charge is 0.270 e. The second-order valence-corrected chi connectivity index (χ2v) is 11.7. The SMILES string of the molecule is COc1ccc(S(=O)(=O)N2CCCC2C(=O)N=c2sc3cc([N+](=O)[O-])ccc3n2CCSC)cc1. The normalized spacial score (nSPS) is 17.2. The molecule has 0 aliphatic carbocycles. The lowest BCUT2D eigenvalue weighted by Gasteiger charge is -2.21. The Bertz CT molecular complexity index is 1430. The van der Waals surface area contributed by atoms with Crippen molar-refractivity contribution in [2.75, 3.05) is 25.7 Å². The third kappa shape index (κ3) is 5.13. The number of thiazole rings is 1. The van der Waals surface area contributed by atoms with Gasteiger partial charge in [-0.05, 0) is 49.4 Å². The monoisotopic (exact) mass is 536 g/mol. The van der Waals surface area contributed by atoms with Crippen LogP contribution in [-0.2, 0) is 21.4 Å². The minimum absolute atomic E-state index is 0.0406. The average Bonchev–Trinajstić information content (AvgIpc) is 3.47. The quantitative estimate of drug-likeness (QED) is 0.320. The molecule has 4 rings (SSSR count). The van der Waals surface area contributed by atoms with E-state index in [4.69, 9.17) is 4.74 Å². The van der Waals surface area contributed by atoms with Gasteiger partial charge in [-0.3, -0.25) is 14.9 Å². The van der Waals surface area contributed by atoms with E-state index < -0.39 is 26.9 Å². The predicted molar refractivity (Wildman–Crippen MR) is 135 cm³/mol. The summed E-state index contributed by atoms with van der Waals surface area (Å²) in [5, 5.41) is 11.2. The highest BCUT2D eigenvalue weighted by Crippen LogP contribution is 2.28. The number of nitro benzene ring substituents is 1. The van der Waals surface area contributed by atoms with Crippen molar-refractivity contribution in [1.29, 1.82) is 0 Å². The lowest BCUT2D eigenvalue weighted by atomic mass is 10.2. The molecule has 0 spiro atoms. The summed E-state index contributed by atoms with van der Waals surface area (Å²) >= 11 is 2.81. The van der Waals surface area contributed by atoms with Gasteiger partial charge in [0.2, 0.25) is 10.0 Å². The number of ether oxygens (including phenoxy) is 1. The first-order valence-corrected chi connectivity index (χ1v) is 14.4. The molecule has 186 valence electrons. The summed E-state index contributed by atoms with van der Waals surface area (Å²) in [6, 6.07) is 9.69. The Morgan fingerprint density at radius 2 is 2.03 bits per heavy atom. The molecule has 0 saturated carbocycles. The highest BCUT2D eigenvalue weighted by molar-refractivity contribution is 7.98. The zero-order valence-corrected chi connectivity index (χ0v) is 21.6. The molecule has 1 aliphatic heterocycles. The molecular formula is C22H24N4O6S3. The second-order valence-electron chi connectivity index (χ2n) is 7.84. The highest BCUT2D eigenvalue weighted by Gasteiger charge is 2.39. The maximum absolute atomic E-state index is 13.3. The fourth-order valence-electron chi connectivity index (χ4n) is 3.99. The van der Waals surface area contributed by atoms with Crippen molar-refractivity contribution in [2.24, 2.45) is 4.99 Å². The Balaban J connectivity index is 1.71. The van der Waals surface area contributed by atoms with Crippen LogP contribution in [-0.4, -0.2) is 59.8 Å². The third-order valence-corrected chi connectivity index (χ3v) is 9.31. The Hall–Kier alpha value is -2.74. The van der Waals surface area contributed by atoms with E-state index in [2.05, 4.69) is 4.99 Å². The summed E-state index contributed by atoms with van der Waals surface area (Å²) in [5.41, 5.74) is 0.705. The maximum Gasteiger partial charge on any atom is 0.270 e. The van der Waals surface area contributed by atoms with Gasteiger partial charge in [-0.25, -0.2) is 8.42 Å². The van der Waals surface area contributed by atoms with E-state index in [-0.39, 0.29) is 17.1 Å². The number of thioether (sulfide) groups is 1. The van der Waals surface area contributed by atoms with Crippen LogP contribution in [0.4, 0.5) is 5.69 Å². The van der Waals surface area contributed by atoms with Crippen LogP contribution in [0.15, 0.2) is 52.4 Å². The van der Waals surface area contributed by atoms with E-state index in [1.807, 2.05) is 10.8 Å². The summed E-state index contributed by atoms with van der Waals surface area (Å²) in [4.78, 5) is 28.8. The first-order chi connectivity index (χ1) is 16.8. The van der Waals surface area contributed by atoms with Crippen LogP contribution in [0, 0.1) is 10.1 Å². The number of benzene rings is 2. The number of hydrogen-bond donors (Lipinski definition) is 0. The van der Waals surface area contributed by atoms with Gasteiger partial charge in [0, 0.05) is 31.0 Å². The number of carbonyl (C=O) groups is 1. The molecule has 0 radical (unpaired) electrons. The Kier molecular flexibility index (Phi) is 7.59. The molecule has 0 bridgehead atoms. The molecule has 1 aliphatic rings. The van der Waals surface area contributed by atoms with Crippen LogP contribution >= 0.6 is 23.1 Å². The molecule has 2 aromatic carbocycles. The molecule has 1 saturated heterocycles. The Labute approximate surface area is 210 Å². The van der Waals surface area contributed by atoms with Gasteiger partial charge < -0.3 is 9.30 Å². The topological polar surface area (TPSA) is 124 Å². The molecule has 1 unspecified atom stereocenters. The number of carbonyl (C=O) groups excluding carboxylic acids is 1. The van der Waals surface area contributed by atoms with Gasteiger partial charge in [0.25, 0.3) is 11.6 Å². The van der Waals surface area contributed by atoms with Crippen LogP contribution in [0.5, 0.6) is 5.75 Å². The number of amides is 1. The number of methoxy groups -OCH3 is 1. The van der Waals surface area contributed by atoms with Crippen LogP contribution < -0.4 is 9.54 Å². The number of aromatic nitrogens is 1. The van der Waals surface area contributed by atoms with Crippen LogP contribution in [0.2, 0.25) is 0 Å². The van der Waals surface area contributed by atoms with Crippen molar-refractivity contribution < 1.29 is 22.9 Å². The van der Waals surface area contributed by atoms with E-state index in [0.717, 1.165) is 11.3 Å². The van der Waals surface area contributed by atoms with E-state index in [1.54, 1.807) is 30.0 Å². The zero-order valence-electron chi connectivity index (χ0n) is 19.1. The Morgan fingerprint density at radius 1 is 1.29 bits per heavy atom. The standard InChI is InChI=1S/C22H24N4O6S3/c1-32-16-6-8-17(9-7-16)35(30,31)25-11-3-4-19(25)21(27)23-22-24(12-13-33-2)18-10-5-15(26(28)29)14-20(18)34-22/h5-10,14,19H,3-4,11-13H2,1-2H3. The van der Waals surface area contributed by atoms with Gasteiger partial charge in [-0.15, -0.1) is 0 Å². The molecule has 2 heterocycles. The van der Waals surface area contributed by atoms with Gasteiger partial charge in [-0.1, -0.05) is 11.3 Å². The number of hydrogen-bond acceptors (Lipinski definition) is 8. The number of nitro groups is 1. The number of rotatable bonds is 8. The van der Waals surface area contributed by atoms with Crippen molar-refractivity contribution in [3.05, 3.63) is 57.4 Å². The van der Waals surface area contributed by atoms with E-state index in [1.165, 1.54) is 47.0 Å². The third-order valence-electron chi connectivity index (χ3n) is 5.76. The van der Waals surface area contributed by atoms with Gasteiger partial charge in [0.1, 0.15) is 11.8 Å². The van der Waals surface area contributed by atoms with E-state index in [9.17, 15) is 23.3 Å². The minimum Gasteiger partial charge on any atom is -0.497 e. The zero-order chi connectivity index (χ0) is 25.2. The van der Waals surface area contributed by atoms with E-state index >= 15 is 0 Å². The van der Waals surface area contributed by atoms with Crippen molar-refractivity contribution >= 4 is 54.9 Å². The molecule has 0 N–H and O–H groups in total. The maximum atomic E-state index is 13.3. The second kappa shape index (κ2) is 10.5. The molecule has 1 amide bonds. The summed E-state index contributed by atoms with van der Waals surface area (Å²) in [6.07, 6.45) is 2.88. The highest BCUT2D eigenvalue weighted by atomic mass is 32.2. The number of sulfonamides is 1. The van der Waals surface area contributed by atoms with Gasteiger partial charge in [0.05, 0.1) is 27.1 Å². The van der Waals surface area contributed by atoms with E-state index in [0.29, 0.717) is 34.6 Å². The molecule has 35 heavy (non-hydrogen) atoms. The van der Waals surface area contributed by atoms with Crippen molar-refractivity contribution in [2.45, 2.75) is 30.3 Å². The molecule has 1 atom stereocenters. The summed E-state index contributed by atoms with van der Waals surface area (Å²) in [6.45, 7) is 0.787. The minimum atomic E-state index is -3.90. The molecule has 10 nitrogen and oxygen atoms in total. The number of aryl methyl sites for hydroxylation is 1. The van der Waals surface area contributed by atoms with Crippen LogP contribution in [0.25, 0.3) is 10.2 Å². The lowest BCUT2D eigenvalue weighted by Crippen LogP contribution is -2.40. The fourth-order valence-corrected chi connectivity index (χ4v) is 7.10. The van der Waals surface area contributed by atoms with Gasteiger partial charge in [0.15, 0.2) is 4.80 Å². The molecular weight excluding hydrogens is 512 g/mol. The van der Waals surface area contributed by atoms with Gasteiger partial charge >= 0.3 is 0 Å². The number of non-ortho nitro benzene ring substituents is 1. The molecule has 3 aromatic rings. The Morgan fingerprint density at radius 3 is 2.69 bits per heavy atom. The summed E-state index contributed by atoms with van der Waals surface area (Å²) in [7, 11) is -2.40. The first-order valence-electron chi connectivity index (χ1n) is 10.8. The number of fused-ring (bicyclic) bond motifs is 1. The fraction of sp³-hybridized carbons (Fsp3) is 0.364. The van der Waals surface area contributed by atoms with Crippen molar-refractivity contribution in [3.63, 3.8) is 0 Å². The van der Waals surface area contributed by atoms with Gasteiger partial charge in [-0.2, -0.15) is 21.1 Å². The number of nitrogens with zero attached hydrogens (tertiary/aromatic N) is 4. The first kappa shape index (κ1) is 25.4. The summed E-state index contributed by atoms with van der Waals surface area (Å²) in [5.74, 6) is 0.748. The lowest BCUT2D eigenvalue weighted by molar-refractivity contribution is -0.384. The van der Waals surface area contributed by atoms with Crippen molar-refractivity contribution in [3.8, 4) is 5.75 Å². The van der Waals surface area contributed by atoms with Crippen molar-refractivity contribution in [1.82, 2.24) is 8.87 Å². The average molecular weight is 537 g/mol. The predicted octanol–water partition coefficient (Wildman–Crippen LogP) is 3.26. The van der Waals surface area contributed by atoms with Crippen LogP contribution in [0.3, 0.4) is 0 Å². The summed E-state index contributed by atoms with van der Waals surface area (Å²) < 4.78 is 35.4. The molecule has 1 fully saturated rings.